The standard InChI is InChI=1S/C23H20N4O2S2/c24-27-22(29)20-18(16-7-2-1-3-8-16)13-30-21(20)25-23(27)31-14-19(28)26-11-10-15-6-4-5-9-17(15)12-26/h1-9,13H,10-12,14,24H2. The van der Waals surface area contributed by atoms with E-state index < -0.39 is 0 Å². The summed E-state index contributed by atoms with van der Waals surface area (Å²) < 4.78 is 1.06. The van der Waals surface area contributed by atoms with E-state index >= 15 is 0 Å². The molecule has 156 valence electrons. The van der Waals surface area contributed by atoms with Crippen LogP contribution in [-0.2, 0) is 17.8 Å². The van der Waals surface area contributed by atoms with Crippen LogP contribution < -0.4 is 11.4 Å². The van der Waals surface area contributed by atoms with E-state index in [4.69, 9.17) is 5.84 Å². The number of rotatable bonds is 4. The Morgan fingerprint density at radius 1 is 1.10 bits per heavy atom. The van der Waals surface area contributed by atoms with Crippen LogP contribution in [0.15, 0.2) is 69.9 Å². The van der Waals surface area contributed by atoms with Gasteiger partial charge in [-0.25, -0.2) is 9.66 Å². The van der Waals surface area contributed by atoms with E-state index in [0.29, 0.717) is 28.5 Å². The third-order valence-corrected chi connectivity index (χ3v) is 7.31. The molecule has 1 aliphatic rings. The molecule has 0 saturated carbocycles. The molecule has 0 unspecified atom stereocenters. The van der Waals surface area contributed by atoms with Gasteiger partial charge in [-0.1, -0.05) is 66.4 Å². The predicted molar refractivity (Wildman–Crippen MR) is 126 cm³/mol. The summed E-state index contributed by atoms with van der Waals surface area (Å²) in [5, 5.41) is 2.80. The highest BCUT2D eigenvalue weighted by Gasteiger charge is 2.22. The van der Waals surface area contributed by atoms with Crippen molar-refractivity contribution in [2.45, 2.75) is 18.1 Å². The average molecular weight is 449 g/mol. The van der Waals surface area contributed by atoms with Gasteiger partial charge in [-0.2, -0.15) is 0 Å². The zero-order valence-corrected chi connectivity index (χ0v) is 18.3. The van der Waals surface area contributed by atoms with Gasteiger partial charge in [-0.3, -0.25) is 9.59 Å². The fourth-order valence-corrected chi connectivity index (χ4v) is 5.65. The predicted octanol–water partition coefficient (Wildman–Crippen LogP) is 3.52. The minimum Gasteiger partial charge on any atom is -0.337 e. The highest BCUT2D eigenvalue weighted by Crippen LogP contribution is 2.31. The lowest BCUT2D eigenvalue weighted by molar-refractivity contribution is -0.129. The summed E-state index contributed by atoms with van der Waals surface area (Å²) in [6.45, 7) is 1.31. The van der Waals surface area contributed by atoms with Crippen molar-refractivity contribution in [1.82, 2.24) is 14.6 Å². The Morgan fingerprint density at radius 2 is 1.84 bits per heavy atom. The summed E-state index contributed by atoms with van der Waals surface area (Å²) in [5.74, 6) is 6.29. The molecule has 0 aliphatic carbocycles. The van der Waals surface area contributed by atoms with Crippen molar-refractivity contribution in [2.24, 2.45) is 0 Å². The van der Waals surface area contributed by atoms with Crippen molar-refractivity contribution in [2.75, 3.05) is 18.1 Å². The van der Waals surface area contributed by atoms with Gasteiger partial charge in [0, 0.05) is 24.0 Å². The lowest BCUT2D eigenvalue weighted by Crippen LogP contribution is -2.37. The molecule has 1 amide bonds. The molecular weight excluding hydrogens is 428 g/mol. The van der Waals surface area contributed by atoms with Crippen LogP contribution in [-0.4, -0.2) is 32.8 Å². The molecule has 6 nitrogen and oxygen atoms in total. The fraction of sp³-hybridized carbons (Fsp3) is 0.174. The van der Waals surface area contributed by atoms with Crippen molar-refractivity contribution in [3.63, 3.8) is 0 Å². The van der Waals surface area contributed by atoms with Crippen LogP contribution in [0.5, 0.6) is 0 Å². The summed E-state index contributed by atoms with van der Waals surface area (Å²) in [7, 11) is 0. The number of carbonyl (C=O) groups is 1. The SMILES string of the molecule is Nn1c(SCC(=O)N2CCc3ccccc3C2)nc2scc(-c3ccccc3)c2c1=O. The summed E-state index contributed by atoms with van der Waals surface area (Å²) in [6, 6.07) is 17.9. The number of hydrogen-bond donors (Lipinski definition) is 1. The van der Waals surface area contributed by atoms with Crippen LogP contribution >= 0.6 is 23.1 Å². The quantitative estimate of drug-likeness (QED) is 0.294. The zero-order valence-electron chi connectivity index (χ0n) is 16.7. The number of amides is 1. The van der Waals surface area contributed by atoms with Crippen molar-refractivity contribution in [1.29, 1.82) is 0 Å². The monoisotopic (exact) mass is 448 g/mol. The number of nitrogens with zero attached hydrogens (tertiary/aromatic N) is 3. The molecule has 3 heterocycles. The molecule has 8 heteroatoms. The average Bonchev–Trinajstić information content (AvgIpc) is 3.24. The maximum atomic E-state index is 13.0. The number of hydrogen-bond acceptors (Lipinski definition) is 6. The van der Waals surface area contributed by atoms with Crippen LogP contribution in [0, 0.1) is 0 Å². The van der Waals surface area contributed by atoms with E-state index in [0.717, 1.165) is 22.2 Å². The zero-order chi connectivity index (χ0) is 21.4. The normalized spacial score (nSPS) is 13.4. The Bertz CT molecular complexity index is 1330. The van der Waals surface area contributed by atoms with Gasteiger partial charge in [0.2, 0.25) is 5.91 Å². The van der Waals surface area contributed by atoms with E-state index in [2.05, 4.69) is 17.1 Å². The number of thiophene rings is 1. The summed E-state index contributed by atoms with van der Waals surface area (Å²) in [6.07, 6.45) is 0.857. The first-order chi connectivity index (χ1) is 15.1. The second kappa shape index (κ2) is 8.20. The van der Waals surface area contributed by atoms with E-state index in [1.54, 1.807) is 0 Å². The van der Waals surface area contributed by atoms with Crippen LogP contribution in [0.1, 0.15) is 11.1 Å². The number of carbonyl (C=O) groups excluding carboxylic acids is 1. The van der Waals surface area contributed by atoms with Crippen LogP contribution in [0.4, 0.5) is 0 Å². The van der Waals surface area contributed by atoms with Gasteiger partial charge < -0.3 is 10.7 Å². The summed E-state index contributed by atoms with van der Waals surface area (Å²) >= 11 is 2.62. The number of benzene rings is 2. The van der Waals surface area contributed by atoms with Crippen molar-refractivity contribution >= 4 is 39.2 Å². The fourth-order valence-electron chi connectivity index (χ4n) is 3.84. The molecule has 4 aromatic rings. The molecule has 2 aromatic carbocycles. The first-order valence-corrected chi connectivity index (χ1v) is 11.8. The van der Waals surface area contributed by atoms with Crippen molar-refractivity contribution in [3.8, 4) is 11.1 Å². The molecule has 0 bridgehead atoms. The number of fused-ring (bicyclic) bond motifs is 2. The Kier molecular flexibility index (Phi) is 5.25. The van der Waals surface area contributed by atoms with Crippen molar-refractivity contribution in [3.05, 3.63) is 81.5 Å². The number of nitrogen functional groups attached to an aromatic ring is 1. The molecule has 0 atom stereocenters. The minimum absolute atomic E-state index is 0.0185. The highest BCUT2D eigenvalue weighted by atomic mass is 32.2. The van der Waals surface area contributed by atoms with Gasteiger partial charge in [-0.15, -0.1) is 11.3 Å². The van der Waals surface area contributed by atoms with Crippen LogP contribution in [0.2, 0.25) is 0 Å². The minimum atomic E-state index is -0.299. The molecule has 31 heavy (non-hydrogen) atoms. The number of aromatic nitrogens is 2. The maximum absolute atomic E-state index is 13.0. The molecule has 0 fully saturated rings. The van der Waals surface area contributed by atoms with Crippen molar-refractivity contribution < 1.29 is 4.79 Å². The van der Waals surface area contributed by atoms with E-state index in [1.807, 2.05) is 52.7 Å². The molecule has 2 N–H and O–H groups in total. The van der Waals surface area contributed by atoms with Crippen LogP contribution in [0.3, 0.4) is 0 Å². The maximum Gasteiger partial charge on any atom is 0.282 e. The first kappa shape index (κ1) is 19.8. The largest absolute Gasteiger partial charge is 0.337 e. The molecule has 0 radical (unpaired) electrons. The Hall–Kier alpha value is -3.10. The van der Waals surface area contributed by atoms with Gasteiger partial charge in [0.25, 0.3) is 5.56 Å². The van der Waals surface area contributed by atoms with Gasteiger partial charge in [0.1, 0.15) is 4.83 Å². The molecule has 1 aliphatic heterocycles. The molecule has 0 spiro atoms. The second-order valence-corrected chi connectivity index (χ2v) is 9.19. The van der Waals surface area contributed by atoms with E-state index in [9.17, 15) is 9.59 Å². The topological polar surface area (TPSA) is 81.2 Å². The molecule has 5 rings (SSSR count). The molecular formula is C23H20N4O2S2. The third kappa shape index (κ3) is 3.73. The first-order valence-electron chi connectivity index (χ1n) is 9.94. The van der Waals surface area contributed by atoms with Gasteiger partial charge in [0.05, 0.1) is 11.1 Å². The van der Waals surface area contributed by atoms with E-state index in [-0.39, 0.29) is 17.2 Å². The molecule has 0 saturated heterocycles. The van der Waals surface area contributed by atoms with Gasteiger partial charge >= 0.3 is 0 Å². The summed E-state index contributed by atoms with van der Waals surface area (Å²) in [5.41, 5.74) is 3.97. The van der Waals surface area contributed by atoms with Gasteiger partial charge in [0.15, 0.2) is 5.16 Å². The summed E-state index contributed by atoms with van der Waals surface area (Å²) in [4.78, 5) is 32.8. The Morgan fingerprint density at radius 3 is 2.65 bits per heavy atom. The Labute approximate surface area is 187 Å². The van der Waals surface area contributed by atoms with Gasteiger partial charge in [-0.05, 0) is 23.1 Å². The second-order valence-electron chi connectivity index (χ2n) is 7.39. The van der Waals surface area contributed by atoms with E-state index in [1.165, 1.54) is 34.2 Å². The molecule has 2 aromatic heterocycles. The lowest BCUT2D eigenvalue weighted by Gasteiger charge is -2.28. The lowest BCUT2D eigenvalue weighted by atomic mass is 10.00. The highest BCUT2D eigenvalue weighted by molar-refractivity contribution is 7.99. The van der Waals surface area contributed by atoms with Crippen LogP contribution in [0.25, 0.3) is 21.3 Å². The smallest absolute Gasteiger partial charge is 0.282 e. The number of thioether (sulfide) groups is 1. The third-order valence-electron chi connectivity index (χ3n) is 5.50. The number of nitrogens with two attached hydrogens (primary N) is 1. The Balaban J connectivity index is 1.36.